The third kappa shape index (κ3) is 4.92. The molecule has 0 unspecified atom stereocenters. The summed E-state index contributed by atoms with van der Waals surface area (Å²) in [5, 5.41) is 0. The highest BCUT2D eigenvalue weighted by Gasteiger charge is 2.20. The quantitative estimate of drug-likeness (QED) is 0.800. The number of hydrogen-bond donors (Lipinski definition) is 0. The van der Waals surface area contributed by atoms with Gasteiger partial charge in [-0.2, -0.15) is 0 Å². The van der Waals surface area contributed by atoms with Crippen molar-refractivity contribution in [3.63, 3.8) is 0 Å². The first-order chi connectivity index (χ1) is 11.3. The predicted molar refractivity (Wildman–Crippen MR) is 97.5 cm³/mol. The molecular formula is C21H28N2. The van der Waals surface area contributed by atoms with Crippen LogP contribution in [-0.2, 0) is 13.0 Å². The predicted octanol–water partition coefficient (Wildman–Crippen LogP) is 3.83. The lowest BCUT2D eigenvalue weighted by molar-refractivity contribution is 0.0947. The number of hydrogen-bond acceptors (Lipinski definition) is 2. The van der Waals surface area contributed by atoms with Crippen molar-refractivity contribution in [3.8, 4) is 0 Å². The SMILES string of the molecule is C[C@H](CCc1ccccc1)N1CCN(Cc2ccccc2)CC1. The summed E-state index contributed by atoms with van der Waals surface area (Å²) in [6.07, 6.45) is 2.44. The number of aryl methyl sites for hydroxylation is 1. The minimum atomic E-state index is 0.675. The lowest BCUT2D eigenvalue weighted by Gasteiger charge is -2.38. The number of nitrogens with zero attached hydrogens (tertiary/aromatic N) is 2. The second-order valence-electron chi connectivity index (χ2n) is 6.67. The Morgan fingerprint density at radius 3 is 1.96 bits per heavy atom. The molecule has 122 valence electrons. The molecule has 1 atom stereocenters. The fourth-order valence-corrected chi connectivity index (χ4v) is 3.41. The van der Waals surface area contributed by atoms with Crippen molar-refractivity contribution in [2.24, 2.45) is 0 Å². The average molecular weight is 308 g/mol. The van der Waals surface area contributed by atoms with Crippen LogP contribution in [-0.4, -0.2) is 42.0 Å². The van der Waals surface area contributed by atoms with Crippen molar-refractivity contribution in [2.45, 2.75) is 32.4 Å². The molecule has 0 N–H and O–H groups in total. The zero-order valence-electron chi connectivity index (χ0n) is 14.2. The van der Waals surface area contributed by atoms with Crippen LogP contribution < -0.4 is 0 Å². The van der Waals surface area contributed by atoms with E-state index < -0.39 is 0 Å². The Bertz CT molecular complexity index is 559. The summed E-state index contributed by atoms with van der Waals surface area (Å²) < 4.78 is 0. The highest BCUT2D eigenvalue weighted by Crippen LogP contribution is 2.14. The molecule has 2 aromatic carbocycles. The van der Waals surface area contributed by atoms with Crippen molar-refractivity contribution in [1.29, 1.82) is 0 Å². The van der Waals surface area contributed by atoms with E-state index in [1.165, 1.54) is 50.1 Å². The molecule has 1 fully saturated rings. The summed E-state index contributed by atoms with van der Waals surface area (Å²) in [5.74, 6) is 0. The van der Waals surface area contributed by atoms with Gasteiger partial charge in [-0.25, -0.2) is 0 Å². The van der Waals surface area contributed by atoms with Crippen LogP contribution >= 0.6 is 0 Å². The first-order valence-corrected chi connectivity index (χ1v) is 8.85. The van der Waals surface area contributed by atoms with Gasteiger partial charge in [-0.05, 0) is 30.9 Å². The Balaban J connectivity index is 1.41. The highest BCUT2D eigenvalue weighted by atomic mass is 15.3. The highest BCUT2D eigenvalue weighted by molar-refractivity contribution is 5.15. The molecule has 2 nitrogen and oxygen atoms in total. The Hall–Kier alpha value is -1.64. The minimum Gasteiger partial charge on any atom is -0.298 e. The molecule has 0 saturated carbocycles. The van der Waals surface area contributed by atoms with E-state index in [9.17, 15) is 0 Å². The van der Waals surface area contributed by atoms with E-state index in [0.717, 1.165) is 6.54 Å². The zero-order valence-corrected chi connectivity index (χ0v) is 14.2. The molecule has 0 bridgehead atoms. The standard InChI is InChI=1S/C21H28N2/c1-19(12-13-20-8-4-2-5-9-20)23-16-14-22(15-17-23)18-21-10-6-3-7-11-21/h2-11,19H,12-18H2,1H3/t19-/m1/s1. The third-order valence-corrected chi connectivity index (χ3v) is 4.97. The molecule has 23 heavy (non-hydrogen) atoms. The van der Waals surface area contributed by atoms with Gasteiger partial charge in [0.1, 0.15) is 0 Å². The van der Waals surface area contributed by atoms with E-state index in [1.807, 2.05) is 0 Å². The molecule has 0 spiro atoms. The maximum atomic E-state index is 2.66. The van der Waals surface area contributed by atoms with Crippen molar-refractivity contribution in [1.82, 2.24) is 9.80 Å². The fraction of sp³-hybridized carbons (Fsp3) is 0.429. The molecule has 2 heteroatoms. The third-order valence-electron chi connectivity index (χ3n) is 4.97. The lowest BCUT2D eigenvalue weighted by Crippen LogP contribution is -2.49. The smallest absolute Gasteiger partial charge is 0.0234 e. The molecule has 0 amide bonds. The molecule has 3 rings (SSSR count). The summed E-state index contributed by atoms with van der Waals surface area (Å²) >= 11 is 0. The van der Waals surface area contributed by atoms with E-state index in [4.69, 9.17) is 0 Å². The molecule has 0 aromatic heterocycles. The van der Waals surface area contributed by atoms with Gasteiger partial charge in [0.2, 0.25) is 0 Å². The van der Waals surface area contributed by atoms with E-state index in [2.05, 4.69) is 77.4 Å². The molecule has 1 saturated heterocycles. The van der Waals surface area contributed by atoms with Gasteiger partial charge in [0, 0.05) is 38.8 Å². The van der Waals surface area contributed by atoms with Crippen LogP contribution in [0.5, 0.6) is 0 Å². The summed E-state index contributed by atoms with van der Waals surface area (Å²) in [5.41, 5.74) is 2.89. The van der Waals surface area contributed by atoms with Crippen LogP contribution in [0.25, 0.3) is 0 Å². The maximum absolute atomic E-state index is 2.66. The molecular weight excluding hydrogens is 280 g/mol. The van der Waals surface area contributed by atoms with Crippen LogP contribution in [0.15, 0.2) is 60.7 Å². The van der Waals surface area contributed by atoms with Gasteiger partial charge in [-0.3, -0.25) is 9.80 Å². The topological polar surface area (TPSA) is 6.48 Å². The largest absolute Gasteiger partial charge is 0.298 e. The molecule has 0 radical (unpaired) electrons. The summed E-state index contributed by atoms with van der Waals surface area (Å²) in [6, 6.07) is 22.4. The summed E-state index contributed by atoms with van der Waals surface area (Å²) in [7, 11) is 0. The van der Waals surface area contributed by atoms with Gasteiger partial charge in [-0.15, -0.1) is 0 Å². The zero-order chi connectivity index (χ0) is 15.9. The van der Waals surface area contributed by atoms with Crippen molar-refractivity contribution in [2.75, 3.05) is 26.2 Å². The first kappa shape index (κ1) is 16.2. The van der Waals surface area contributed by atoms with Crippen LogP contribution in [0.2, 0.25) is 0 Å². The second kappa shape index (κ2) is 8.28. The van der Waals surface area contributed by atoms with Crippen LogP contribution in [0, 0.1) is 0 Å². The molecule has 1 heterocycles. The normalized spacial score (nSPS) is 18.0. The van der Waals surface area contributed by atoms with Crippen LogP contribution in [0.3, 0.4) is 0 Å². The van der Waals surface area contributed by atoms with Crippen LogP contribution in [0.4, 0.5) is 0 Å². The van der Waals surface area contributed by atoms with Gasteiger partial charge in [-0.1, -0.05) is 60.7 Å². The van der Waals surface area contributed by atoms with E-state index in [0.29, 0.717) is 6.04 Å². The summed E-state index contributed by atoms with van der Waals surface area (Å²) in [6.45, 7) is 8.24. The van der Waals surface area contributed by atoms with Gasteiger partial charge in [0.15, 0.2) is 0 Å². The van der Waals surface area contributed by atoms with Gasteiger partial charge >= 0.3 is 0 Å². The fourth-order valence-electron chi connectivity index (χ4n) is 3.41. The number of rotatable bonds is 6. The number of benzene rings is 2. The van der Waals surface area contributed by atoms with Crippen LogP contribution in [0.1, 0.15) is 24.5 Å². The van der Waals surface area contributed by atoms with Gasteiger partial charge in [0.25, 0.3) is 0 Å². The Labute approximate surface area is 140 Å². The van der Waals surface area contributed by atoms with E-state index in [1.54, 1.807) is 0 Å². The van der Waals surface area contributed by atoms with Gasteiger partial charge in [0.05, 0.1) is 0 Å². The molecule has 1 aliphatic rings. The molecule has 1 aliphatic heterocycles. The van der Waals surface area contributed by atoms with E-state index in [-0.39, 0.29) is 0 Å². The Kier molecular flexibility index (Phi) is 5.84. The molecule has 0 aliphatic carbocycles. The lowest BCUT2D eigenvalue weighted by atomic mass is 10.0. The first-order valence-electron chi connectivity index (χ1n) is 8.85. The monoisotopic (exact) mass is 308 g/mol. The summed E-state index contributed by atoms with van der Waals surface area (Å²) in [4.78, 5) is 5.24. The van der Waals surface area contributed by atoms with Crippen molar-refractivity contribution >= 4 is 0 Å². The maximum Gasteiger partial charge on any atom is 0.0234 e. The Morgan fingerprint density at radius 1 is 0.783 bits per heavy atom. The van der Waals surface area contributed by atoms with Crippen molar-refractivity contribution < 1.29 is 0 Å². The van der Waals surface area contributed by atoms with Crippen molar-refractivity contribution in [3.05, 3.63) is 71.8 Å². The van der Waals surface area contributed by atoms with E-state index >= 15 is 0 Å². The average Bonchev–Trinajstić information content (AvgIpc) is 2.62. The second-order valence-corrected chi connectivity index (χ2v) is 6.67. The molecule has 2 aromatic rings. The number of piperazine rings is 1. The Morgan fingerprint density at radius 2 is 1.35 bits per heavy atom. The minimum absolute atomic E-state index is 0.675. The van der Waals surface area contributed by atoms with Gasteiger partial charge < -0.3 is 0 Å².